The molecule has 3 heterocycles. The SMILES string of the molecule is CC(C)C[C@@H]1CN(C(=O)c2cccc3ccnn23)CCO1. The van der Waals surface area contributed by atoms with E-state index in [1.165, 1.54) is 0 Å². The van der Waals surface area contributed by atoms with Gasteiger partial charge in [-0.05, 0) is 30.5 Å². The van der Waals surface area contributed by atoms with E-state index in [2.05, 4.69) is 18.9 Å². The van der Waals surface area contributed by atoms with Crippen molar-refractivity contribution in [1.82, 2.24) is 14.5 Å². The zero-order valence-electron chi connectivity index (χ0n) is 12.5. The lowest BCUT2D eigenvalue weighted by Gasteiger charge is -2.33. The van der Waals surface area contributed by atoms with Gasteiger partial charge in [0, 0.05) is 13.1 Å². The van der Waals surface area contributed by atoms with Crippen molar-refractivity contribution in [2.45, 2.75) is 26.4 Å². The van der Waals surface area contributed by atoms with Crippen LogP contribution >= 0.6 is 0 Å². The molecule has 2 aromatic rings. The average Bonchev–Trinajstić information content (AvgIpc) is 2.94. The van der Waals surface area contributed by atoms with Crippen LogP contribution in [0.5, 0.6) is 0 Å². The molecule has 1 atom stereocenters. The van der Waals surface area contributed by atoms with Gasteiger partial charge in [0.05, 0.1) is 24.4 Å². The molecule has 0 unspecified atom stereocenters. The molecule has 2 aromatic heterocycles. The van der Waals surface area contributed by atoms with Gasteiger partial charge in [-0.15, -0.1) is 0 Å². The zero-order chi connectivity index (χ0) is 14.8. The van der Waals surface area contributed by atoms with Gasteiger partial charge in [0.1, 0.15) is 5.69 Å². The van der Waals surface area contributed by atoms with Crippen LogP contribution in [0.1, 0.15) is 30.8 Å². The number of rotatable bonds is 3. The number of morpholine rings is 1. The van der Waals surface area contributed by atoms with E-state index in [-0.39, 0.29) is 12.0 Å². The number of carbonyl (C=O) groups excluding carboxylic acids is 1. The van der Waals surface area contributed by atoms with Crippen LogP contribution in [0.3, 0.4) is 0 Å². The van der Waals surface area contributed by atoms with Crippen LogP contribution in [0.25, 0.3) is 5.52 Å². The normalized spacial score (nSPS) is 19.4. The molecule has 0 N–H and O–H groups in total. The second-order valence-corrected chi connectivity index (χ2v) is 5.95. The maximum Gasteiger partial charge on any atom is 0.272 e. The molecule has 0 aliphatic carbocycles. The molecule has 1 fully saturated rings. The summed E-state index contributed by atoms with van der Waals surface area (Å²) < 4.78 is 7.46. The van der Waals surface area contributed by atoms with Crippen LogP contribution in [0.2, 0.25) is 0 Å². The zero-order valence-corrected chi connectivity index (χ0v) is 12.5. The lowest BCUT2D eigenvalue weighted by molar-refractivity contribution is -0.0300. The second kappa shape index (κ2) is 5.85. The summed E-state index contributed by atoms with van der Waals surface area (Å²) in [6, 6.07) is 7.58. The lowest BCUT2D eigenvalue weighted by Crippen LogP contribution is -2.46. The fourth-order valence-corrected chi connectivity index (χ4v) is 2.85. The van der Waals surface area contributed by atoms with E-state index in [1.54, 1.807) is 10.7 Å². The highest BCUT2D eigenvalue weighted by molar-refractivity contribution is 5.93. The number of carbonyl (C=O) groups is 1. The van der Waals surface area contributed by atoms with Crippen molar-refractivity contribution in [1.29, 1.82) is 0 Å². The van der Waals surface area contributed by atoms with Gasteiger partial charge in [-0.25, -0.2) is 4.52 Å². The van der Waals surface area contributed by atoms with Gasteiger partial charge < -0.3 is 9.64 Å². The van der Waals surface area contributed by atoms with Crippen LogP contribution in [-0.4, -0.2) is 46.2 Å². The van der Waals surface area contributed by atoms with Crippen LogP contribution in [0, 0.1) is 5.92 Å². The molecule has 0 radical (unpaired) electrons. The number of pyridine rings is 1. The summed E-state index contributed by atoms with van der Waals surface area (Å²) in [5.41, 5.74) is 1.55. The van der Waals surface area contributed by atoms with E-state index >= 15 is 0 Å². The molecule has 3 rings (SSSR count). The van der Waals surface area contributed by atoms with Crippen molar-refractivity contribution in [3.63, 3.8) is 0 Å². The second-order valence-electron chi connectivity index (χ2n) is 5.95. The van der Waals surface area contributed by atoms with Gasteiger partial charge in [0.15, 0.2) is 0 Å². The molecule has 21 heavy (non-hydrogen) atoms. The first-order chi connectivity index (χ1) is 10.1. The van der Waals surface area contributed by atoms with Crippen LogP contribution in [-0.2, 0) is 4.74 Å². The van der Waals surface area contributed by atoms with Gasteiger partial charge in [0.25, 0.3) is 5.91 Å². The quantitative estimate of drug-likeness (QED) is 0.869. The third-order valence-electron chi connectivity index (χ3n) is 3.80. The molecule has 1 aliphatic heterocycles. The molecular formula is C16H21N3O2. The summed E-state index contributed by atoms with van der Waals surface area (Å²) in [7, 11) is 0. The minimum Gasteiger partial charge on any atom is -0.375 e. The van der Waals surface area contributed by atoms with Crippen LogP contribution in [0.4, 0.5) is 0 Å². The Balaban J connectivity index is 1.80. The molecule has 0 aromatic carbocycles. The Bertz CT molecular complexity index is 635. The van der Waals surface area contributed by atoms with Gasteiger partial charge in [-0.1, -0.05) is 19.9 Å². The summed E-state index contributed by atoms with van der Waals surface area (Å²) in [5, 5.41) is 4.24. The molecule has 0 bridgehead atoms. The maximum absolute atomic E-state index is 12.8. The summed E-state index contributed by atoms with van der Waals surface area (Å²) in [4.78, 5) is 14.6. The van der Waals surface area contributed by atoms with Crippen molar-refractivity contribution in [3.05, 3.63) is 36.2 Å². The maximum atomic E-state index is 12.8. The molecule has 0 spiro atoms. The van der Waals surface area contributed by atoms with Gasteiger partial charge in [-0.2, -0.15) is 5.10 Å². The summed E-state index contributed by atoms with van der Waals surface area (Å²) in [5.74, 6) is 0.598. The van der Waals surface area contributed by atoms with E-state index in [0.29, 0.717) is 31.3 Å². The van der Waals surface area contributed by atoms with E-state index in [0.717, 1.165) is 11.9 Å². The first-order valence-electron chi connectivity index (χ1n) is 7.49. The van der Waals surface area contributed by atoms with E-state index < -0.39 is 0 Å². The number of hydrogen-bond donors (Lipinski definition) is 0. The predicted octanol–water partition coefficient (Wildman–Crippen LogP) is 2.22. The van der Waals surface area contributed by atoms with Crippen molar-refractivity contribution in [2.24, 2.45) is 5.92 Å². The largest absolute Gasteiger partial charge is 0.375 e. The van der Waals surface area contributed by atoms with Crippen molar-refractivity contribution >= 4 is 11.4 Å². The van der Waals surface area contributed by atoms with E-state index in [4.69, 9.17) is 4.74 Å². The topological polar surface area (TPSA) is 46.8 Å². The average molecular weight is 287 g/mol. The van der Waals surface area contributed by atoms with Crippen molar-refractivity contribution in [2.75, 3.05) is 19.7 Å². The Hall–Kier alpha value is -1.88. The molecule has 1 saturated heterocycles. The van der Waals surface area contributed by atoms with Gasteiger partial charge in [-0.3, -0.25) is 4.79 Å². The minimum atomic E-state index is 0.0290. The molecule has 5 nitrogen and oxygen atoms in total. The third-order valence-corrected chi connectivity index (χ3v) is 3.80. The molecule has 112 valence electrons. The van der Waals surface area contributed by atoms with E-state index in [9.17, 15) is 4.79 Å². The number of amides is 1. The third kappa shape index (κ3) is 2.93. The summed E-state index contributed by atoms with van der Waals surface area (Å²) in [6.07, 6.45) is 2.84. The highest BCUT2D eigenvalue weighted by Gasteiger charge is 2.26. The fraction of sp³-hybridized carbons (Fsp3) is 0.500. The summed E-state index contributed by atoms with van der Waals surface area (Å²) in [6.45, 7) is 6.27. The van der Waals surface area contributed by atoms with Crippen molar-refractivity contribution in [3.8, 4) is 0 Å². The Morgan fingerprint density at radius 3 is 3.10 bits per heavy atom. The highest BCUT2D eigenvalue weighted by Crippen LogP contribution is 2.16. The first-order valence-corrected chi connectivity index (χ1v) is 7.49. The Kier molecular flexibility index (Phi) is 3.92. The molecule has 5 heteroatoms. The smallest absolute Gasteiger partial charge is 0.272 e. The number of hydrogen-bond acceptors (Lipinski definition) is 3. The number of nitrogens with zero attached hydrogens (tertiary/aromatic N) is 3. The van der Waals surface area contributed by atoms with Gasteiger partial charge in [0.2, 0.25) is 0 Å². The molecular weight excluding hydrogens is 266 g/mol. The van der Waals surface area contributed by atoms with Crippen LogP contribution in [0.15, 0.2) is 30.5 Å². The minimum absolute atomic E-state index is 0.0290. The number of ether oxygens (including phenoxy) is 1. The van der Waals surface area contributed by atoms with Gasteiger partial charge >= 0.3 is 0 Å². The fourth-order valence-electron chi connectivity index (χ4n) is 2.85. The Morgan fingerprint density at radius 2 is 2.29 bits per heavy atom. The van der Waals surface area contributed by atoms with E-state index in [1.807, 2.05) is 29.2 Å². The lowest BCUT2D eigenvalue weighted by atomic mass is 10.0. The van der Waals surface area contributed by atoms with Crippen molar-refractivity contribution < 1.29 is 9.53 Å². The number of aromatic nitrogens is 2. The Labute approximate surface area is 124 Å². The predicted molar refractivity (Wildman–Crippen MR) is 80.3 cm³/mol. The standard InChI is InChI=1S/C16H21N3O2/c1-12(2)10-14-11-18(8-9-21-14)16(20)15-5-3-4-13-6-7-17-19(13)15/h3-7,12,14H,8-11H2,1-2H3/t14-/m1/s1. The molecule has 1 amide bonds. The number of fused-ring (bicyclic) bond motifs is 1. The Morgan fingerprint density at radius 1 is 1.43 bits per heavy atom. The van der Waals surface area contributed by atoms with Crippen LogP contribution < -0.4 is 0 Å². The highest BCUT2D eigenvalue weighted by atomic mass is 16.5. The first kappa shape index (κ1) is 14.1. The summed E-state index contributed by atoms with van der Waals surface area (Å²) >= 11 is 0. The molecule has 0 saturated carbocycles. The monoisotopic (exact) mass is 287 g/mol. The molecule has 1 aliphatic rings.